The van der Waals surface area contributed by atoms with E-state index in [0.717, 1.165) is 24.0 Å². The highest BCUT2D eigenvalue weighted by atomic mass is 16.1. The SMILES string of the molecule is C=C(C)C(=C)CCC(C)C(C)=O. The van der Waals surface area contributed by atoms with Crippen LogP contribution < -0.4 is 0 Å². The highest BCUT2D eigenvalue weighted by Gasteiger charge is 2.07. The maximum absolute atomic E-state index is 10.9. The Morgan fingerprint density at radius 1 is 1.33 bits per heavy atom. The van der Waals surface area contributed by atoms with Crippen molar-refractivity contribution >= 4 is 5.78 Å². The molecule has 0 fully saturated rings. The summed E-state index contributed by atoms with van der Waals surface area (Å²) in [5.74, 6) is 0.408. The van der Waals surface area contributed by atoms with E-state index in [0.29, 0.717) is 0 Å². The van der Waals surface area contributed by atoms with Gasteiger partial charge in [-0.1, -0.05) is 31.2 Å². The van der Waals surface area contributed by atoms with Crippen molar-refractivity contribution in [3.05, 3.63) is 24.3 Å². The van der Waals surface area contributed by atoms with Crippen LogP contribution >= 0.6 is 0 Å². The van der Waals surface area contributed by atoms with Crippen LogP contribution in [0.15, 0.2) is 24.3 Å². The molecular formula is C11H18O. The number of rotatable bonds is 5. The molecule has 0 amide bonds. The second-order valence-electron chi connectivity index (χ2n) is 3.43. The molecule has 0 radical (unpaired) electrons. The van der Waals surface area contributed by atoms with Crippen molar-refractivity contribution in [2.75, 3.05) is 0 Å². The predicted molar refractivity (Wildman–Crippen MR) is 53.0 cm³/mol. The summed E-state index contributed by atoms with van der Waals surface area (Å²) in [6.07, 6.45) is 1.77. The van der Waals surface area contributed by atoms with E-state index in [1.54, 1.807) is 6.92 Å². The summed E-state index contributed by atoms with van der Waals surface area (Å²) in [4.78, 5) is 10.9. The lowest BCUT2D eigenvalue weighted by atomic mass is 9.96. The minimum Gasteiger partial charge on any atom is -0.300 e. The lowest BCUT2D eigenvalue weighted by molar-refractivity contribution is -0.120. The largest absolute Gasteiger partial charge is 0.300 e. The van der Waals surface area contributed by atoms with Crippen LogP contribution in [0.3, 0.4) is 0 Å². The number of Topliss-reactive ketones (excluding diaryl/α,β-unsaturated/α-hetero) is 1. The molecule has 0 spiro atoms. The number of hydrogen-bond donors (Lipinski definition) is 0. The Kier molecular flexibility index (Phi) is 4.57. The number of ketones is 1. The second-order valence-corrected chi connectivity index (χ2v) is 3.43. The molecule has 68 valence electrons. The first kappa shape index (κ1) is 11.2. The molecule has 1 nitrogen and oxygen atoms in total. The Labute approximate surface area is 75.2 Å². The smallest absolute Gasteiger partial charge is 0.132 e. The predicted octanol–water partition coefficient (Wildman–Crippen LogP) is 3.12. The van der Waals surface area contributed by atoms with Crippen LogP contribution in [0.4, 0.5) is 0 Å². The molecule has 1 heteroatoms. The summed E-state index contributed by atoms with van der Waals surface area (Å²) in [5.41, 5.74) is 2.08. The van der Waals surface area contributed by atoms with Crippen LogP contribution in [-0.2, 0) is 4.79 Å². The highest BCUT2D eigenvalue weighted by Crippen LogP contribution is 2.15. The Bertz CT molecular complexity index is 201. The lowest BCUT2D eigenvalue weighted by Crippen LogP contribution is -2.06. The monoisotopic (exact) mass is 166 g/mol. The summed E-state index contributed by atoms with van der Waals surface area (Å²) < 4.78 is 0. The quantitative estimate of drug-likeness (QED) is 0.573. The molecule has 0 aliphatic carbocycles. The van der Waals surface area contributed by atoms with E-state index in [4.69, 9.17) is 0 Å². The van der Waals surface area contributed by atoms with E-state index < -0.39 is 0 Å². The third-order valence-electron chi connectivity index (χ3n) is 2.18. The lowest BCUT2D eigenvalue weighted by Gasteiger charge is -2.08. The zero-order valence-electron chi connectivity index (χ0n) is 8.31. The van der Waals surface area contributed by atoms with Gasteiger partial charge in [-0.15, -0.1) is 0 Å². The molecule has 0 N–H and O–H groups in total. The zero-order chi connectivity index (χ0) is 9.72. The third kappa shape index (κ3) is 4.12. The molecule has 0 saturated heterocycles. The van der Waals surface area contributed by atoms with Gasteiger partial charge in [-0.25, -0.2) is 0 Å². The first-order chi connectivity index (χ1) is 5.45. The molecule has 0 rings (SSSR count). The standard InChI is InChI=1S/C11H18O/c1-8(2)9(3)6-7-10(4)11(5)12/h10H,1,3,6-7H2,2,4-5H3. The topological polar surface area (TPSA) is 17.1 Å². The van der Waals surface area contributed by atoms with Crippen molar-refractivity contribution < 1.29 is 4.79 Å². The van der Waals surface area contributed by atoms with Gasteiger partial charge >= 0.3 is 0 Å². The van der Waals surface area contributed by atoms with E-state index in [2.05, 4.69) is 13.2 Å². The zero-order valence-corrected chi connectivity index (χ0v) is 8.31. The van der Waals surface area contributed by atoms with Crippen LogP contribution in [0, 0.1) is 5.92 Å². The average Bonchev–Trinajstić information content (AvgIpc) is 1.98. The van der Waals surface area contributed by atoms with Gasteiger partial charge in [0.15, 0.2) is 0 Å². The fraction of sp³-hybridized carbons (Fsp3) is 0.545. The van der Waals surface area contributed by atoms with Gasteiger partial charge in [0.1, 0.15) is 5.78 Å². The molecule has 0 aliphatic heterocycles. The van der Waals surface area contributed by atoms with Crippen molar-refractivity contribution in [3.8, 4) is 0 Å². The van der Waals surface area contributed by atoms with Crippen LogP contribution in [-0.4, -0.2) is 5.78 Å². The second kappa shape index (κ2) is 4.91. The van der Waals surface area contributed by atoms with Crippen molar-refractivity contribution in [2.24, 2.45) is 5.92 Å². The van der Waals surface area contributed by atoms with Crippen LogP contribution in [0.2, 0.25) is 0 Å². The van der Waals surface area contributed by atoms with E-state index >= 15 is 0 Å². The molecule has 1 atom stereocenters. The van der Waals surface area contributed by atoms with Crippen molar-refractivity contribution in [3.63, 3.8) is 0 Å². The summed E-state index contributed by atoms with van der Waals surface area (Å²) in [7, 11) is 0. The Balaban J connectivity index is 3.76. The first-order valence-electron chi connectivity index (χ1n) is 4.29. The first-order valence-corrected chi connectivity index (χ1v) is 4.29. The summed E-state index contributed by atoms with van der Waals surface area (Å²) >= 11 is 0. The van der Waals surface area contributed by atoms with E-state index in [9.17, 15) is 4.79 Å². The molecule has 0 aromatic heterocycles. The summed E-state index contributed by atoms with van der Waals surface area (Å²) in [5, 5.41) is 0. The van der Waals surface area contributed by atoms with Crippen LogP contribution in [0.1, 0.15) is 33.6 Å². The fourth-order valence-corrected chi connectivity index (χ4v) is 0.807. The average molecular weight is 166 g/mol. The van der Waals surface area contributed by atoms with Gasteiger partial charge in [-0.3, -0.25) is 4.79 Å². The minimum absolute atomic E-state index is 0.154. The van der Waals surface area contributed by atoms with E-state index in [-0.39, 0.29) is 11.7 Å². The normalized spacial score (nSPS) is 12.2. The highest BCUT2D eigenvalue weighted by molar-refractivity contribution is 5.77. The van der Waals surface area contributed by atoms with Crippen molar-refractivity contribution in [2.45, 2.75) is 33.6 Å². The molecular weight excluding hydrogens is 148 g/mol. The molecule has 0 saturated carbocycles. The van der Waals surface area contributed by atoms with Gasteiger partial charge in [0.2, 0.25) is 0 Å². The Morgan fingerprint density at radius 3 is 2.17 bits per heavy atom. The molecule has 0 aromatic carbocycles. The molecule has 0 bridgehead atoms. The van der Waals surface area contributed by atoms with Gasteiger partial charge in [0, 0.05) is 5.92 Å². The van der Waals surface area contributed by atoms with Gasteiger partial charge < -0.3 is 0 Å². The Morgan fingerprint density at radius 2 is 1.83 bits per heavy atom. The molecule has 1 unspecified atom stereocenters. The maximum atomic E-state index is 10.9. The van der Waals surface area contributed by atoms with Crippen LogP contribution in [0.25, 0.3) is 0 Å². The summed E-state index contributed by atoms with van der Waals surface area (Å²) in [6.45, 7) is 13.2. The van der Waals surface area contributed by atoms with Crippen molar-refractivity contribution in [1.82, 2.24) is 0 Å². The van der Waals surface area contributed by atoms with Gasteiger partial charge in [-0.05, 0) is 26.7 Å². The minimum atomic E-state index is 0.154. The number of carbonyl (C=O) groups is 1. The molecule has 0 aromatic rings. The van der Waals surface area contributed by atoms with Gasteiger partial charge in [-0.2, -0.15) is 0 Å². The number of allylic oxidation sites excluding steroid dienone is 2. The molecule has 0 heterocycles. The number of hydrogen-bond acceptors (Lipinski definition) is 1. The van der Waals surface area contributed by atoms with Gasteiger partial charge in [0.25, 0.3) is 0 Å². The van der Waals surface area contributed by atoms with Crippen molar-refractivity contribution in [1.29, 1.82) is 0 Å². The Hall–Kier alpha value is -0.850. The number of carbonyl (C=O) groups excluding carboxylic acids is 1. The fourth-order valence-electron chi connectivity index (χ4n) is 0.807. The molecule has 12 heavy (non-hydrogen) atoms. The van der Waals surface area contributed by atoms with Gasteiger partial charge in [0.05, 0.1) is 0 Å². The third-order valence-corrected chi connectivity index (χ3v) is 2.18. The van der Waals surface area contributed by atoms with Crippen LogP contribution in [0.5, 0.6) is 0 Å². The van der Waals surface area contributed by atoms with E-state index in [1.165, 1.54) is 0 Å². The van der Waals surface area contributed by atoms with E-state index in [1.807, 2.05) is 13.8 Å². The summed E-state index contributed by atoms with van der Waals surface area (Å²) in [6, 6.07) is 0. The molecule has 0 aliphatic rings. The maximum Gasteiger partial charge on any atom is 0.132 e.